The minimum atomic E-state index is -0.0962. The van der Waals surface area contributed by atoms with Crippen LogP contribution in [-0.2, 0) is 14.3 Å². The van der Waals surface area contributed by atoms with Crippen LogP contribution in [0.3, 0.4) is 0 Å². The molecule has 0 aromatic carbocycles. The first kappa shape index (κ1) is 13.9. The van der Waals surface area contributed by atoms with E-state index in [1.54, 1.807) is 0 Å². The summed E-state index contributed by atoms with van der Waals surface area (Å²) in [5.74, 6) is -0.0962. The largest absolute Gasteiger partial charge is 0.379 e. The summed E-state index contributed by atoms with van der Waals surface area (Å²) < 4.78 is 10.3. The van der Waals surface area contributed by atoms with Gasteiger partial charge in [0, 0.05) is 11.9 Å². The number of halogens is 1. The van der Waals surface area contributed by atoms with Crippen LogP contribution in [0.15, 0.2) is 0 Å². The van der Waals surface area contributed by atoms with Gasteiger partial charge in [0.05, 0.1) is 19.3 Å². The summed E-state index contributed by atoms with van der Waals surface area (Å²) in [6.45, 7) is 5.65. The van der Waals surface area contributed by atoms with Crippen LogP contribution in [0.2, 0.25) is 0 Å². The fourth-order valence-electron chi connectivity index (χ4n) is 0.713. The normalized spacial score (nSPS) is 10.6. The highest BCUT2D eigenvalue weighted by Gasteiger charge is 2.01. The zero-order valence-corrected chi connectivity index (χ0v) is 10.3. The Labute approximate surface area is 93.5 Å². The standard InChI is InChI=1S/C9H18BrNO3/c1-8(2)14-7-9(12)11-4-6-13-5-3-10/h8H,3-7H2,1-2H3,(H,11,12). The molecule has 0 fully saturated rings. The molecule has 4 nitrogen and oxygen atoms in total. The molecule has 0 unspecified atom stereocenters. The van der Waals surface area contributed by atoms with Crippen molar-refractivity contribution < 1.29 is 14.3 Å². The maximum atomic E-state index is 11.1. The van der Waals surface area contributed by atoms with Gasteiger partial charge in [-0.2, -0.15) is 0 Å². The lowest BCUT2D eigenvalue weighted by atomic mass is 10.5. The molecule has 0 aromatic heterocycles. The van der Waals surface area contributed by atoms with Crippen LogP contribution in [0.5, 0.6) is 0 Å². The Bertz CT molecular complexity index is 153. The van der Waals surface area contributed by atoms with Gasteiger partial charge in [0.2, 0.25) is 5.91 Å². The molecule has 0 aliphatic carbocycles. The minimum Gasteiger partial charge on any atom is -0.379 e. The van der Waals surface area contributed by atoms with Crippen LogP contribution in [0.25, 0.3) is 0 Å². The Morgan fingerprint density at radius 3 is 2.71 bits per heavy atom. The van der Waals surface area contributed by atoms with E-state index in [1.165, 1.54) is 0 Å². The van der Waals surface area contributed by atoms with Gasteiger partial charge in [-0.1, -0.05) is 15.9 Å². The second-order valence-corrected chi connectivity index (χ2v) is 3.80. The minimum absolute atomic E-state index is 0.0883. The Morgan fingerprint density at radius 2 is 2.14 bits per heavy atom. The van der Waals surface area contributed by atoms with E-state index in [4.69, 9.17) is 9.47 Å². The number of amides is 1. The van der Waals surface area contributed by atoms with Crippen molar-refractivity contribution in [3.05, 3.63) is 0 Å². The molecule has 0 aliphatic rings. The Morgan fingerprint density at radius 1 is 1.43 bits per heavy atom. The molecule has 1 amide bonds. The average molecular weight is 268 g/mol. The third kappa shape index (κ3) is 9.95. The van der Waals surface area contributed by atoms with Gasteiger partial charge in [-0.25, -0.2) is 0 Å². The lowest BCUT2D eigenvalue weighted by Crippen LogP contribution is -2.31. The van der Waals surface area contributed by atoms with Gasteiger partial charge in [-0.15, -0.1) is 0 Å². The summed E-state index contributed by atoms with van der Waals surface area (Å²) in [4.78, 5) is 11.1. The highest BCUT2D eigenvalue weighted by molar-refractivity contribution is 9.09. The summed E-state index contributed by atoms with van der Waals surface area (Å²) in [7, 11) is 0. The third-order valence-corrected chi connectivity index (χ3v) is 1.66. The van der Waals surface area contributed by atoms with E-state index in [0.29, 0.717) is 19.8 Å². The van der Waals surface area contributed by atoms with Crippen molar-refractivity contribution in [3.63, 3.8) is 0 Å². The van der Waals surface area contributed by atoms with Gasteiger partial charge in [-0.05, 0) is 13.8 Å². The molecule has 0 radical (unpaired) electrons. The Balaban J connectivity index is 3.18. The number of ether oxygens (including phenoxy) is 2. The van der Waals surface area contributed by atoms with Crippen molar-refractivity contribution in [2.45, 2.75) is 20.0 Å². The first-order valence-corrected chi connectivity index (χ1v) is 5.81. The Hall–Kier alpha value is -0.130. The van der Waals surface area contributed by atoms with Crippen molar-refractivity contribution in [2.24, 2.45) is 0 Å². The molecule has 14 heavy (non-hydrogen) atoms. The molecular weight excluding hydrogens is 250 g/mol. The second kappa shape index (κ2) is 9.43. The first-order chi connectivity index (χ1) is 6.66. The van der Waals surface area contributed by atoms with Gasteiger partial charge < -0.3 is 14.8 Å². The number of nitrogens with one attached hydrogen (secondary N) is 1. The van der Waals surface area contributed by atoms with Crippen molar-refractivity contribution in [1.29, 1.82) is 0 Å². The van der Waals surface area contributed by atoms with Crippen molar-refractivity contribution in [2.75, 3.05) is 31.7 Å². The van der Waals surface area contributed by atoms with Gasteiger partial charge in [-0.3, -0.25) is 4.79 Å². The molecule has 0 aromatic rings. The molecule has 0 saturated carbocycles. The predicted octanol–water partition coefficient (Wildman–Crippen LogP) is 0.939. The smallest absolute Gasteiger partial charge is 0.246 e. The molecule has 5 heteroatoms. The zero-order chi connectivity index (χ0) is 10.8. The topological polar surface area (TPSA) is 47.6 Å². The van der Waals surface area contributed by atoms with Crippen LogP contribution in [0.1, 0.15) is 13.8 Å². The molecule has 84 valence electrons. The third-order valence-electron chi connectivity index (χ3n) is 1.34. The molecule has 0 saturated heterocycles. The molecule has 0 aliphatic heterocycles. The fraction of sp³-hybridized carbons (Fsp3) is 0.889. The van der Waals surface area contributed by atoms with Crippen LogP contribution < -0.4 is 5.32 Å². The molecule has 0 rings (SSSR count). The van der Waals surface area contributed by atoms with Crippen molar-refractivity contribution >= 4 is 21.8 Å². The van der Waals surface area contributed by atoms with Gasteiger partial charge in [0.1, 0.15) is 6.61 Å². The Kier molecular flexibility index (Phi) is 9.34. The van der Waals surface area contributed by atoms with Crippen LogP contribution >= 0.6 is 15.9 Å². The predicted molar refractivity (Wildman–Crippen MR) is 58.7 cm³/mol. The van der Waals surface area contributed by atoms with Crippen LogP contribution in [0, 0.1) is 0 Å². The van der Waals surface area contributed by atoms with E-state index < -0.39 is 0 Å². The van der Waals surface area contributed by atoms with E-state index in [9.17, 15) is 4.79 Å². The fourth-order valence-corrected chi connectivity index (χ4v) is 0.942. The molecule has 0 heterocycles. The van der Waals surface area contributed by atoms with E-state index in [-0.39, 0.29) is 18.6 Å². The zero-order valence-electron chi connectivity index (χ0n) is 8.72. The van der Waals surface area contributed by atoms with Crippen molar-refractivity contribution in [1.82, 2.24) is 5.32 Å². The van der Waals surface area contributed by atoms with E-state index in [0.717, 1.165) is 5.33 Å². The number of carbonyl (C=O) groups excluding carboxylic acids is 1. The number of alkyl halides is 1. The number of rotatable bonds is 8. The lowest BCUT2D eigenvalue weighted by molar-refractivity contribution is -0.127. The van der Waals surface area contributed by atoms with Gasteiger partial charge in [0.25, 0.3) is 0 Å². The lowest BCUT2D eigenvalue weighted by Gasteiger charge is -2.08. The van der Waals surface area contributed by atoms with Crippen molar-refractivity contribution in [3.8, 4) is 0 Å². The maximum Gasteiger partial charge on any atom is 0.246 e. The summed E-state index contributed by atoms with van der Waals surface area (Å²) in [5.41, 5.74) is 0. The molecule has 1 N–H and O–H groups in total. The quantitative estimate of drug-likeness (QED) is 0.526. The highest BCUT2D eigenvalue weighted by Crippen LogP contribution is 1.86. The van der Waals surface area contributed by atoms with E-state index >= 15 is 0 Å². The summed E-state index contributed by atoms with van der Waals surface area (Å²) in [6.07, 6.45) is 0.0883. The molecule has 0 atom stereocenters. The second-order valence-electron chi connectivity index (χ2n) is 3.01. The van der Waals surface area contributed by atoms with Crippen LogP contribution in [0.4, 0.5) is 0 Å². The average Bonchev–Trinajstić information content (AvgIpc) is 2.14. The van der Waals surface area contributed by atoms with E-state index in [1.807, 2.05) is 13.8 Å². The van der Waals surface area contributed by atoms with Crippen LogP contribution in [-0.4, -0.2) is 43.7 Å². The number of hydrogen-bond donors (Lipinski definition) is 1. The first-order valence-electron chi connectivity index (χ1n) is 4.68. The van der Waals surface area contributed by atoms with E-state index in [2.05, 4.69) is 21.2 Å². The molecule has 0 spiro atoms. The number of carbonyl (C=O) groups is 1. The molecular formula is C9H18BrNO3. The van der Waals surface area contributed by atoms with Gasteiger partial charge >= 0.3 is 0 Å². The highest BCUT2D eigenvalue weighted by atomic mass is 79.9. The monoisotopic (exact) mass is 267 g/mol. The summed E-state index contributed by atoms with van der Waals surface area (Å²) in [6, 6.07) is 0. The SMILES string of the molecule is CC(C)OCC(=O)NCCOCCBr. The summed E-state index contributed by atoms with van der Waals surface area (Å²) in [5, 5.41) is 3.51. The molecule has 0 bridgehead atoms. The maximum absolute atomic E-state index is 11.1. The number of hydrogen-bond acceptors (Lipinski definition) is 3. The summed E-state index contributed by atoms with van der Waals surface area (Å²) >= 11 is 3.24. The van der Waals surface area contributed by atoms with Gasteiger partial charge in [0.15, 0.2) is 0 Å².